The van der Waals surface area contributed by atoms with E-state index in [4.69, 9.17) is 5.73 Å². The number of nitrogens with zero attached hydrogens (tertiary/aromatic N) is 5. The lowest BCUT2D eigenvalue weighted by Crippen LogP contribution is -2.16. The van der Waals surface area contributed by atoms with Gasteiger partial charge in [0.2, 0.25) is 5.95 Å². The molecule has 0 saturated heterocycles. The number of rotatable bonds is 2. The van der Waals surface area contributed by atoms with Crippen LogP contribution in [0.25, 0.3) is 22.7 Å². The first-order chi connectivity index (χ1) is 11.9. The van der Waals surface area contributed by atoms with Gasteiger partial charge in [0.05, 0.1) is 17.6 Å². The number of aryl methyl sites for hydroxylation is 3. The number of aromatic amines is 1. The highest BCUT2D eigenvalue weighted by atomic mass is 16.1. The van der Waals surface area contributed by atoms with Crippen LogP contribution in [0.4, 0.5) is 5.82 Å². The number of nitrogens with two attached hydrogens (primary N) is 1. The molecule has 0 amide bonds. The molecule has 0 radical (unpaired) electrons. The largest absolute Gasteiger partial charge is 0.383 e. The van der Waals surface area contributed by atoms with Crippen molar-refractivity contribution in [2.45, 2.75) is 20.8 Å². The molecule has 0 fully saturated rings. The summed E-state index contributed by atoms with van der Waals surface area (Å²) in [5.41, 5.74) is 10.0. The van der Waals surface area contributed by atoms with Crippen LogP contribution in [0.3, 0.4) is 0 Å². The van der Waals surface area contributed by atoms with Crippen LogP contribution in [0, 0.1) is 20.8 Å². The fourth-order valence-corrected chi connectivity index (χ4v) is 2.74. The van der Waals surface area contributed by atoms with Gasteiger partial charge in [0.15, 0.2) is 5.65 Å². The van der Waals surface area contributed by atoms with E-state index in [9.17, 15) is 4.79 Å². The summed E-state index contributed by atoms with van der Waals surface area (Å²) in [5.74, 6) is 0.658. The number of aromatic nitrogens is 6. The Morgan fingerprint density at radius 3 is 2.56 bits per heavy atom. The van der Waals surface area contributed by atoms with Gasteiger partial charge in [-0.15, -0.1) is 0 Å². The maximum atomic E-state index is 12.4. The van der Waals surface area contributed by atoms with Crippen LogP contribution in [0.2, 0.25) is 0 Å². The predicted octanol–water partition coefficient (Wildman–Crippen LogP) is 1.80. The van der Waals surface area contributed by atoms with Gasteiger partial charge in [-0.3, -0.25) is 9.78 Å². The van der Waals surface area contributed by atoms with Gasteiger partial charge in [0.1, 0.15) is 11.2 Å². The molecule has 0 aliphatic carbocycles. The molecule has 0 aliphatic rings. The lowest BCUT2D eigenvalue weighted by atomic mass is 10.1. The van der Waals surface area contributed by atoms with Crippen LogP contribution in [0.15, 0.2) is 35.3 Å². The molecular formula is C17H17N7O. The van der Waals surface area contributed by atoms with E-state index in [-0.39, 0.29) is 11.5 Å². The van der Waals surface area contributed by atoms with E-state index < -0.39 is 0 Å². The summed E-state index contributed by atoms with van der Waals surface area (Å²) in [6, 6.07) is 7.69. The number of nitrogens with one attached hydrogen (secondary N) is 1. The molecule has 3 aromatic heterocycles. The van der Waals surface area contributed by atoms with Gasteiger partial charge < -0.3 is 5.73 Å². The minimum atomic E-state index is -0.289. The van der Waals surface area contributed by atoms with Crippen molar-refractivity contribution in [1.82, 2.24) is 29.5 Å². The molecule has 1 aromatic carbocycles. The van der Waals surface area contributed by atoms with E-state index in [0.717, 1.165) is 16.9 Å². The quantitative estimate of drug-likeness (QED) is 0.581. The van der Waals surface area contributed by atoms with Gasteiger partial charge in [-0.1, -0.05) is 6.07 Å². The minimum Gasteiger partial charge on any atom is -0.383 e. The molecule has 25 heavy (non-hydrogen) atoms. The van der Waals surface area contributed by atoms with E-state index in [1.807, 2.05) is 39.0 Å². The van der Waals surface area contributed by atoms with Crippen molar-refractivity contribution in [2.75, 3.05) is 5.73 Å². The van der Waals surface area contributed by atoms with Crippen molar-refractivity contribution in [3.8, 4) is 11.6 Å². The Morgan fingerprint density at radius 1 is 1.08 bits per heavy atom. The fourth-order valence-electron chi connectivity index (χ4n) is 2.74. The Morgan fingerprint density at radius 2 is 1.88 bits per heavy atom. The second-order valence-corrected chi connectivity index (χ2v) is 6.07. The Kier molecular flexibility index (Phi) is 3.21. The fraction of sp³-hybridized carbons (Fsp3) is 0.176. The van der Waals surface area contributed by atoms with Crippen molar-refractivity contribution < 1.29 is 0 Å². The molecule has 0 unspecified atom stereocenters. The molecule has 0 aliphatic heterocycles. The molecule has 4 aromatic rings. The topological polar surface area (TPSA) is 107 Å². The lowest BCUT2D eigenvalue weighted by molar-refractivity contribution is 0.799. The number of hydrogen-bond acceptors (Lipinski definition) is 5. The number of nitrogen functional groups attached to an aromatic ring is 1. The SMILES string of the molecule is Cc1cc(N)n(-c2nc3c(cnn3-c3ccc(C)c(C)c3)c(=O)[nH]2)n1. The molecule has 0 saturated carbocycles. The summed E-state index contributed by atoms with van der Waals surface area (Å²) in [5, 5.41) is 9.01. The van der Waals surface area contributed by atoms with Crippen LogP contribution in [-0.2, 0) is 0 Å². The molecule has 3 N–H and O–H groups in total. The molecule has 0 spiro atoms. The summed E-state index contributed by atoms with van der Waals surface area (Å²) in [4.78, 5) is 19.7. The van der Waals surface area contributed by atoms with Crippen molar-refractivity contribution in [1.29, 1.82) is 0 Å². The summed E-state index contributed by atoms with van der Waals surface area (Å²) in [6.45, 7) is 5.90. The summed E-state index contributed by atoms with van der Waals surface area (Å²) in [6.07, 6.45) is 1.51. The number of fused-ring (bicyclic) bond motifs is 1. The number of H-pyrrole nitrogens is 1. The highest BCUT2D eigenvalue weighted by Crippen LogP contribution is 2.18. The van der Waals surface area contributed by atoms with Gasteiger partial charge >= 0.3 is 0 Å². The van der Waals surface area contributed by atoms with Gasteiger partial charge in [0, 0.05) is 6.07 Å². The Balaban J connectivity index is 1.97. The standard InChI is InChI=1S/C17H17N7O/c1-9-4-5-12(6-10(9)2)23-15-13(8-19-23)16(25)21-17(20-15)24-14(18)7-11(3)22-24/h4-8H,18H2,1-3H3,(H,20,21,25). The Labute approximate surface area is 142 Å². The minimum absolute atomic E-state index is 0.258. The van der Waals surface area contributed by atoms with Crippen LogP contribution in [0.1, 0.15) is 16.8 Å². The molecule has 126 valence electrons. The maximum Gasteiger partial charge on any atom is 0.263 e. The third-order valence-electron chi connectivity index (χ3n) is 4.22. The normalized spacial score (nSPS) is 11.3. The molecule has 8 nitrogen and oxygen atoms in total. The predicted molar refractivity (Wildman–Crippen MR) is 95.2 cm³/mol. The van der Waals surface area contributed by atoms with Crippen molar-refractivity contribution in [3.63, 3.8) is 0 Å². The smallest absolute Gasteiger partial charge is 0.263 e. The molecule has 0 bridgehead atoms. The first-order valence-corrected chi connectivity index (χ1v) is 7.82. The average Bonchev–Trinajstić information content (AvgIpc) is 3.13. The van der Waals surface area contributed by atoms with E-state index >= 15 is 0 Å². The zero-order chi connectivity index (χ0) is 17.7. The van der Waals surface area contributed by atoms with Crippen molar-refractivity contribution in [3.05, 3.63) is 57.6 Å². The van der Waals surface area contributed by atoms with Gasteiger partial charge in [-0.05, 0) is 44.0 Å². The van der Waals surface area contributed by atoms with Gasteiger partial charge in [-0.25, -0.2) is 4.68 Å². The second-order valence-electron chi connectivity index (χ2n) is 6.07. The molecule has 4 rings (SSSR count). The van der Waals surface area contributed by atoms with Crippen LogP contribution in [-0.4, -0.2) is 29.5 Å². The van der Waals surface area contributed by atoms with Crippen molar-refractivity contribution in [2.24, 2.45) is 0 Å². The Hall–Kier alpha value is -3.42. The monoisotopic (exact) mass is 335 g/mol. The van der Waals surface area contributed by atoms with Crippen LogP contribution >= 0.6 is 0 Å². The van der Waals surface area contributed by atoms with Crippen LogP contribution in [0.5, 0.6) is 0 Å². The molecule has 8 heteroatoms. The Bertz CT molecular complexity index is 1170. The highest BCUT2D eigenvalue weighted by molar-refractivity contribution is 5.75. The lowest BCUT2D eigenvalue weighted by Gasteiger charge is -2.07. The summed E-state index contributed by atoms with van der Waals surface area (Å²) < 4.78 is 3.06. The van der Waals surface area contributed by atoms with E-state index in [1.54, 1.807) is 10.7 Å². The van der Waals surface area contributed by atoms with Crippen molar-refractivity contribution >= 4 is 16.9 Å². The van der Waals surface area contributed by atoms with Gasteiger partial charge in [0.25, 0.3) is 5.56 Å². The van der Waals surface area contributed by atoms with E-state index in [1.165, 1.54) is 16.4 Å². The van der Waals surface area contributed by atoms with Crippen LogP contribution < -0.4 is 11.3 Å². The van der Waals surface area contributed by atoms with E-state index in [0.29, 0.717) is 16.9 Å². The van der Waals surface area contributed by atoms with Gasteiger partial charge in [-0.2, -0.15) is 19.9 Å². The summed E-state index contributed by atoms with van der Waals surface area (Å²) >= 11 is 0. The first-order valence-electron chi connectivity index (χ1n) is 7.82. The third-order valence-corrected chi connectivity index (χ3v) is 4.22. The number of benzene rings is 1. The molecule has 0 atom stereocenters. The first kappa shape index (κ1) is 15.1. The second kappa shape index (κ2) is 5.30. The zero-order valence-electron chi connectivity index (χ0n) is 14.1. The third kappa shape index (κ3) is 2.38. The maximum absolute atomic E-state index is 12.4. The number of hydrogen-bond donors (Lipinski definition) is 2. The van der Waals surface area contributed by atoms with E-state index in [2.05, 4.69) is 20.2 Å². The summed E-state index contributed by atoms with van der Waals surface area (Å²) in [7, 11) is 0. The molecule has 3 heterocycles. The highest BCUT2D eigenvalue weighted by Gasteiger charge is 2.14. The number of anilines is 1. The zero-order valence-corrected chi connectivity index (χ0v) is 14.1. The molecular weight excluding hydrogens is 318 g/mol. The average molecular weight is 335 g/mol.